The molecule has 0 unspecified atom stereocenters. The molecule has 0 amide bonds. The molecule has 1 aliphatic rings. The first-order chi connectivity index (χ1) is 9.79. The third kappa shape index (κ3) is 6.46. The van der Waals surface area contributed by atoms with Crippen LogP contribution < -0.4 is 4.74 Å². The second-order valence-corrected chi connectivity index (χ2v) is 6.08. The zero-order chi connectivity index (χ0) is 14.2. The first-order valence-corrected chi connectivity index (χ1v) is 8.31. The van der Waals surface area contributed by atoms with Crippen molar-refractivity contribution in [2.75, 3.05) is 19.7 Å². The van der Waals surface area contributed by atoms with Gasteiger partial charge in [-0.3, -0.25) is 4.90 Å². The molecule has 0 N–H and O–H groups in total. The topological polar surface area (TPSA) is 12.5 Å². The summed E-state index contributed by atoms with van der Waals surface area (Å²) in [4.78, 5) is 2.51. The van der Waals surface area contributed by atoms with E-state index in [4.69, 9.17) is 16.3 Å². The number of unbranched alkanes of at least 4 members (excludes halogenated alkanes) is 2. The number of nitrogens with zero attached hydrogens (tertiary/aromatic N) is 1. The molecule has 1 saturated heterocycles. The van der Waals surface area contributed by atoms with Crippen LogP contribution in [0.4, 0.5) is 0 Å². The largest absolute Gasteiger partial charge is 0.493 e. The highest BCUT2D eigenvalue weighted by Crippen LogP contribution is 2.25. The van der Waals surface area contributed by atoms with E-state index >= 15 is 0 Å². The fourth-order valence-electron chi connectivity index (χ4n) is 2.70. The monoisotopic (exact) mass is 331 g/mol. The summed E-state index contributed by atoms with van der Waals surface area (Å²) in [6.07, 6.45) is 7.58. The Morgan fingerprint density at radius 2 is 1.90 bits per heavy atom. The van der Waals surface area contributed by atoms with Crippen LogP contribution in [0.5, 0.6) is 5.75 Å². The molecule has 120 valence electrons. The lowest BCUT2D eigenvalue weighted by Gasteiger charge is -2.27. The molecule has 0 aromatic heterocycles. The number of halogens is 2. The van der Waals surface area contributed by atoms with E-state index in [1.54, 1.807) is 0 Å². The van der Waals surface area contributed by atoms with E-state index in [1.165, 1.54) is 50.8 Å². The lowest BCUT2D eigenvalue weighted by atomic mass is 10.1. The molecule has 1 heterocycles. The molecule has 21 heavy (non-hydrogen) atoms. The number of piperidine rings is 1. The predicted octanol–water partition coefficient (Wildman–Crippen LogP) is 5.32. The summed E-state index contributed by atoms with van der Waals surface area (Å²) in [5, 5.41) is 0.804. The summed E-state index contributed by atoms with van der Waals surface area (Å²) >= 11 is 6.14. The van der Waals surface area contributed by atoms with Crippen LogP contribution in [-0.2, 0) is 6.54 Å². The summed E-state index contributed by atoms with van der Waals surface area (Å²) in [6, 6.07) is 6.01. The molecule has 0 radical (unpaired) electrons. The lowest BCUT2D eigenvalue weighted by Crippen LogP contribution is -2.29. The Hall–Kier alpha value is -0.440. The second-order valence-electron chi connectivity index (χ2n) is 5.64. The number of rotatable bonds is 7. The Bertz CT molecular complexity index is 406. The number of benzene rings is 1. The van der Waals surface area contributed by atoms with E-state index in [0.29, 0.717) is 0 Å². The van der Waals surface area contributed by atoms with Crippen molar-refractivity contribution < 1.29 is 4.74 Å². The van der Waals surface area contributed by atoms with Crippen molar-refractivity contribution in [2.24, 2.45) is 0 Å². The van der Waals surface area contributed by atoms with Crippen molar-refractivity contribution in [1.29, 1.82) is 0 Å². The fourth-order valence-corrected chi connectivity index (χ4v) is 2.90. The molecule has 0 bridgehead atoms. The highest BCUT2D eigenvalue weighted by Gasteiger charge is 2.13. The highest BCUT2D eigenvalue weighted by atomic mass is 35.5. The van der Waals surface area contributed by atoms with Gasteiger partial charge in [0.1, 0.15) is 5.75 Å². The summed E-state index contributed by atoms with van der Waals surface area (Å²) in [6.45, 7) is 6.37. The van der Waals surface area contributed by atoms with Crippen LogP contribution in [0.3, 0.4) is 0 Å². The lowest BCUT2D eigenvalue weighted by molar-refractivity contribution is 0.215. The first kappa shape index (κ1) is 18.6. The van der Waals surface area contributed by atoms with Gasteiger partial charge in [0.25, 0.3) is 0 Å². The van der Waals surface area contributed by atoms with E-state index < -0.39 is 0 Å². The van der Waals surface area contributed by atoms with Crippen LogP contribution in [0.2, 0.25) is 5.02 Å². The minimum Gasteiger partial charge on any atom is -0.493 e. The molecule has 0 aliphatic carbocycles. The summed E-state index contributed by atoms with van der Waals surface area (Å²) in [5.41, 5.74) is 1.23. The number of hydrogen-bond acceptors (Lipinski definition) is 2. The van der Waals surface area contributed by atoms with Gasteiger partial charge in [-0.15, -0.1) is 12.4 Å². The van der Waals surface area contributed by atoms with Gasteiger partial charge in [-0.1, -0.05) is 37.8 Å². The normalized spacial score (nSPS) is 15.5. The second kappa shape index (κ2) is 10.3. The summed E-state index contributed by atoms with van der Waals surface area (Å²) in [7, 11) is 0. The van der Waals surface area contributed by atoms with Gasteiger partial charge in [0.2, 0.25) is 0 Å². The number of hydrogen-bond donors (Lipinski definition) is 0. The van der Waals surface area contributed by atoms with E-state index in [0.717, 1.165) is 30.3 Å². The maximum absolute atomic E-state index is 6.14. The van der Waals surface area contributed by atoms with Crippen molar-refractivity contribution in [1.82, 2.24) is 4.90 Å². The van der Waals surface area contributed by atoms with Crippen molar-refractivity contribution in [3.8, 4) is 5.75 Å². The highest BCUT2D eigenvalue weighted by molar-refractivity contribution is 6.30. The van der Waals surface area contributed by atoms with Crippen LogP contribution in [0, 0.1) is 0 Å². The average Bonchev–Trinajstić information content (AvgIpc) is 2.47. The Balaban J connectivity index is 0.00000220. The first-order valence-electron chi connectivity index (χ1n) is 7.93. The van der Waals surface area contributed by atoms with Crippen molar-refractivity contribution in [2.45, 2.75) is 52.0 Å². The minimum atomic E-state index is 0. The van der Waals surface area contributed by atoms with Gasteiger partial charge in [-0.2, -0.15) is 0 Å². The number of ether oxygens (including phenoxy) is 1. The van der Waals surface area contributed by atoms with Gasteiger partial charge in [0, 0.05) is 17.1 Å². The van der Waals surface area contributed by atoms with Crippen LogP contribution >= 0.6 is 24.0 Å². The van der Waals surface area contributed by atoms with E-state index in [9.17, 15) is 0 Å². The molecule has 1 aromatic rings. The molecule has 0 saturated carbocycles. The zero-order valence-electron chi connectivity index (χ0n) is 12.9. The van der Waals surface area contributed by atoms with Gasteiger partial charge >= 0.3 is 0 Å². The molecule has 0 atom stereocenters. The van der Waals surface area contributed by atoms with Gasteiger partial charge < -0.3 is 4.74 Å². The predicted molar refractivity (Wildman–Crippen MR) is 92.8 cm³/mol. The third-order valence-corrected chi connectivity index (χ3v) is 4.11. The maximum Gasteiger partial charge on any atom is 0.123 e. The Labute approximate surface area is 140 Å². The van der Waals surface area contributed by atoms with Crippen molar-refractivity contribution in [3.05, 3.63) is 28.8 Å². The van der Waals surface area contributed by atoms with E-state index in [2.05, 4.69) is 17.9 Å². The smallest absolute Gasteiger partial charge is 0.123 e. The maximum atomic E-state index is 6.14. The molecule has 2 rings (SSSR count). The molecule has 1 aromatic carbocycles. The third-order valence-electron chi connectivity index (χ3n) is 3.87. The van der Waals surface area contributed by atoms with Crippen molar-refractivity contribution in [3.63, 3.8) is 0 Å². The van der Waals surface area contributed by atoms with Crippen molar-refractivity contribution >= 4 is 24.0 Å². The number of likely N-dealkylation sites (tertiary alicyclic amines) is 1. The Morgan fingerprint density at radius 3 is 2.62 bits per heavy atom. The summed E-state index contributed by atoms with van der Waals surface area (Å²) < 4.78 is 5.95. The van der Waals surface area contributed by atoms with Crippen LogP contribution in [-0.4, -0.2) is 24.6 Å². The van der Waals surface area contributed by atoms with Crippen LogP contribution in [0.25, 0.3) is 0 Å². The molecule has 1 aliphatic heterocycles. The van der Waals surface area contributed by atoms with Gasteiger partial charge in [-0.25, -0.2) is 0 Å². The molecular weight excluding hydrogens is 305 g/mol. The SMILES string of the molecule is CCCCCOc1ccc(Cl)cc1CN1CCCCC1.Cl. The average molecular weight is 332 g/mol. The Morgan fingerprint density at radius 1 is 1.14 bits per heavy atom. The standard InChI is InChI=1S/C17H26ClNO.ClH/c1-2-3-7-12-20-17-9-8-16(18)13-15(17)14-19-10-5-4-6-11-19;/h8-9,13H,2-7,10-12,14H2,1H3;1H. The zero-order valence-corrected chi connectivity index (χ0v) is 14.5. The van der Waals surface area contributed by atoms with Gasteiger partial charge in [0.15, 0.2) is 0 Å². The van der Waals surface area contributed by atoms with Gasteiger partial charge in [0.05, 0.1) is 6.61 Å². The molecular formula is C17H27Cl2NO. The molecule has 2 nitrogen and oxygen atoms in total. The molecule has 4 heteroatoms. The van der Waals surface area contributed by atoms with Crippen LogP contribution in [0.15, 0.2) is 18.2 Å². The summed E-state index contributed by atoms with van der Waals surface area (Å²) in [5.74, 6) is 1.01. The quantitative estimate of drug-likeness (QED) is 0.627. The minimum absolute atomic E-state index is 0. The fraction of sp³-hybridized carbons (Fsp3) is 0.647. The molecule has 0 spiro atoms. The Kier molecular flexibility index (Phi) is 9.14. The van der Waals surface area contributed by atoms with E-state index in [1.807, 2.05) is 12.1 Å². The van der Waals surface area contributed by atoms with Crippen LogP contribution in [0.1, 0.15) is 51.0 Å². The van der Waals surface area contributed by atoms with Gasteiger partial charge in [-0.05, 0) is 50.6 Å². The van der Waals surface area contributed by atoms with E-state index in [-0.39, 0.29) is 12.4 Å². The molecule has 1 fully saturated rings.